The van der Waals surface area contributed by atoms with Gasteiger partial charge in [0.15, 0.2) is 12.4 Å². The molecule has 0 aromatic heterocycles. The van der Waals surface area contributed by atoms with Crippen molar-refractivity contribution in [2.75, 3.05) is 19.7 Å². The molecule has 11 atom stereocenters. The minimum absolute atomic E-state index is 0.0132. The van der Waals surface area contributed by atoms with Crippen molar-refractivity contribution in [3.8, 4) is 0 Å². The van der Waals surface area contributed by atoms with Crippen LogP contribution in [0, 0.1) is 63.0 Å². The molecule has 2 spiro atoms. The molecule has 50 heavy (non-hydrogen) atoms. The Bertz CT molecular complexity index is 1380. The van der Waals surface area contributed by atoms with Crippen LogP contribution in [0.2, 0.25) is 0 Å². The SMILES string of the molecule is CC(=O)O[C@@H]([C]1C[C@@H](C)[C@H]2[C](O1)[C@H](O)[C@@]1(C)[C]3CC[C@H]4C(C)(C)C(O[C@H]5CN(C(C)(C)C(=O)O)CCO5)CC[C@@]45C[C@@]35CC[C@]21C)C(C)(C)O. The standard InChI is InChI=1S/C40H62NO9/c1-22-19-24(32(36(7,8)46)48-23(2)42)49-30-29(22)37(9)15-16-40-21-39(40)14-13-27(50-28-20-41(17-18-47-28)35(5,6)33(44)45)34(3,4)25(39)11-12-26(40)38(37,10)31(30)43/h22,25,27-29,31-32,43,46H,11-21H2,1-10H3,(H,44,45)/t22-,25+,27?,28+,29+,31+,32+,37-,38-,39-,40+/m1/s1. The van der Waals surface area contributed by atoms with Gasteiger partial charge in [0.25, 0.3) is 0 Å². The van der Waals surface area contributed by atoms with Crippen molar-refractivity contribution in [2.24, 2.45) is 44.8 Å². The maximum absolute atomic E-state index is 12.5. The number of aliphatic carboxylic acids is 1. The van der Waals surface area contributed by atoms with Crippen molar-refractivity contribution in [1.29, 1.82) is 0 Å². The molecule has 281 valence electrons. The zero-order valence-corrected chi connectivity index (χ0v) is 32.1. The molecule has 1 unspecified atom stereocenters. The minimum atomic E-state index is -1.33. The number of carboxylic acids is 1. The second kappa shape index (κ2) is 11.6. The van der Waals surface area contributed by atoms with Crippen molar-refractivity contribution in [2.45, 2.75) is 156 Å². The number of ether oxygens (including phenoxy) is 4. The summed E-state index contributed by atoms with van der Waals surface area (Å²) in [5.41, 5.74) is -2.77. The summed E-state index contributed by atoms with van der Waals surface area (Å²) in [6.45, 7) is 21.2. The van der Waals surface area contributed by atoms with Gasteiger partial charge >= 0.3 is 11.9 Å². The number of esters is 1. The summed E-state index contributed by atoms with van der Waals surface area (Å²) in [4.78, 5) is 26.0. The Morgan fingerprint density at radius 3 is 2.40 bits per heavy atom. The molecule has 0 amide bonds. The number of hydrogen-bond donors (Lipinski definition) is 3. The summed E-state index contributed by atoms with van der Waals surface area (Å²) in [6.07, 6.45) is 6.96. The molecule has 5 aliphatic carbocycles. The highest BCUT2D eigenvalue weighted by Crippen LogP contribution is 2.90. The molecule has 0 aromatic rings. The summed E-state index contributed by atoms with van der Waals surface area (Å²) >= 11 is 0. The Kier molecular flexibility index (Phi) is 8.59. The molecule has 2 heterocycles. The van der Waals surface area contributed by atoms with Crippen LogP contribution < -0.4 is 0 Å². The lowest BCUT2D eigenvalue weighted by Gasteiger charge is -2.63. The van der Waals surface area contributed by atoms with Crippen molar-refractivity contribution in [3.63, 3.8) is 0 Å². The number of nitrogens with zero attached hydrogens (tertiary/aromatic N) is 1. The first-order valence-corrected chi connectivity index (χ1v) is 19.2. The van der Waals surface area contributed by atoms with Crippen molar-refractivity contribution in [3.05, 3.63) is 18.1 Å². The van der Waals surface area contributed by atoms with E-state index in [9.17, 15) is 24.9 Å². The largest absolute Gasteiger partial charge is 0.480 e. The molecule has 7 aliphatic rings. The van der Waals surface area contributed by atoms with E-state index in [1.165, 1.54) is 12.8 Å². The summed E-state index contributed by atoms with van der Waals surface area (Å²) < 4.78 is 25.2. The van der Waals surface area contributed by atoms with Crippen LogP contribution >= 0.6 is 0 Å². The van der Waals surface area contributed by atoms with E-state index in [0.717, 1.165) is 44.9 Å². The maximum atomic E-state index is 12.5. The van der Waals surface area contributed by atoms with Crippen molar-refractivity contribution in [1.82, 2.24) is 4.90 Å². The average Bonchev–Trinajstić information content (AvgIpc) is 3.65. The average molecular weight is 701 g/mol. The third-order valence-electron chi connectivity index (χ3n) is 15.9. The molecular weight excluding hydrogens is 638 g/mol. The Labute approximate surface area is 299 Å². The van der Waals surface area contributed by atoms with Crippen LogP contribution in [0.25, 0.3) is 0 Å². The van der Waals surface area contributed by atoms with Crippen LogP contribution in [0.4, 0.5) is 0 Å². The molecule has 3 radical (unpaired) electrons. The lowest BCUT2D eigenvalue weighted by Crippen LogP contribution is -2.60. The first-order valence-electron chi connectivity index (χ1n) is 19.2. The number of aliphatic hydroxyl groups excluding tert-OH is 1. The van der Waals surface area contributed by atoms with Gasteiger partial charge in [-0.15, -0.1) is 0 Å². The Hall–Kier alpha value is -1.30. The Balaban J connectivity index is 1.11. The van der Waals surface area contributed by atoms with E-state index < -0.39 is 47.0 Å². The zero-order chi connectivity index (χ0) is 36.6. The lowest BCUT2D eigenvalue weighted by molar-refractivity contribution is -0.249. The molecule has 10 heteroatoms. The van der Waals surface area contributed by atoms with E-state index in [4.69, 9.17) is 18.9 Å². The first kappa shape index (κ1) is 37.0. The van der Waals surface area contributed by atoms with E-state index in [1.54, 1.807) is 27.7 Å². The fourth-order valence-electron chi connectivity index (χ4n) is 13.1. The molecule has 5 saturated carbocycles. The highest BCUT2D eigenvalue weighted by molar-refractivity contribution is 5.77. The molecule has 2 aliphatic heterocycles. The van der Waals surface area contributed by atoms with E-state index in [0.29, 0.717) is 44.2 Å². The number of rotatable bonds is 7. The monoisotopic (exact) mass is 700 g/mol. The van der Waals surface area contributed by atoms with Gasteiger partial charge in [-0.3, -0.25) is 14.5 Å². The van der Waals surface area contributed by atoms with Crippen LogP contribution in [0.5, 0.6) is 0 Å². The minimum Gasteiger partial charge on any atom is -0.480 e. The molecule has 0 bridgehead atoms. The number of aliphatic hydroxyl groups is 2. The van der Waals surface area contributed by atoms with Gasteiger partial charge in [0.2, 0.25) is 0 Å². The lowest BCUT2D eigenvalue weighted by atomic mass is 9.41. The molecule has 7 rings (SSSR count). The molecular formula is C40H62NO9. The summed E-state index contributed by atoms with van der Waals surface area (Å²) in [5, 5.41) is 33.4. The zero-order valence-electron chi connectivity index (χ0n) is 32.1. The Morgan fingerprint density at radius 1 is 1.06 bits per heavy atom. The van der Waals surface area contributed by atoms with E-state index in [-0.39, 0.29) is 39.6 Å². The second-order valence-electron chi connectivity index (χ2n) is 19.4. The fraction of sp³-hybridized carbons (Fsp3) is 0.875. The van der Waals surface area contributed by atoms with E-state index >= 15 is 0 Å². The number of fused-ring (bicyclic) bond motifs is 4. The predicted molar refractivity (Wildman–Crippen MR) is 185 cm³/mol. The van der Waals surface area contributed by atoms with Crippen LogP contribution in [0.1, 0.15) is 121 Å². The fourth-order valence-corrected chi connectivity index (χ4v) is 13.1. The van der Waals surface area contributed by atoms with Gasteiger partial charge < -0.3 is 34.3 Å². The summed E-state index contributed by atoms with van der Waals surface area (Å²) in [6, 6.07) is 0. The van der Waals surface area contributed by atoms with E-state index in [1.807, 2.05) is 4.90 Å². The first-order chi connectivity index (χ1) is 23.1. The quantitative estimate of drug-likeness (QED) is 0.284. The van der Waals surface area contributed by atoms with Gasteiger partial charge in [-0.2, -0.15) is 0 Å². The van der Waals surface area contributed by atoms with Crippen molar-refractivity contribution < 1.29 is 43.9 Å². The molecule has 10 nitrogen and oxygen atoms in total. The van der Waals surface area contributed by atoms with Gasteiger partial charge in [-0.25, -0.2) is 0 Å². The molecule has 2 saturated heterocycles. The van der Waals surface area contributed by atoms with Crippen LogP contribution in [-0.2, 0) is 28.5 Å². The number of hydrogen-bond acceptors (Lipinski definition) is 9. The van der Waals surface area contributed by atoms with Gasteiger partial charge in [-0.1, -0.05) is 34.6 Å². The molecule has 3 N–H and O–H groups in total. The third-order valence-corrected chi connectivity index (χ3v) is 15.9. The highest BCUT2D eigenvalue weighted by Gasteiger charge is 2.85. The predicted octanol–water partition coefficient (Wildman–Crippen LogP) is 5.69. The maximum Gasteiger partial charge on any atom is 0.323 e. The van der Waals surface area contributed by atoms with Crippen LogP contribution in [-0.4, -0.2) is 87.6 Å². The number of morpholine rings is 1. The normalized spacial score (nSPS) is 45.8. The third kappa shape index (κ3) is 4.93. The van der Waals surface area contributed by atoms with Crippen molar-refractivity contribution >= 4 is 11.9 Å². The molecule has 7 fully saturated rings. The topological polar surface area (TPSA) is 135 Å². The van der Waals surface area contributed by atoms with Gasteiger partial charge in [0.1, 0.15) is 17.7 Å². The van der Waals surface area contributed by atoms with E-state index in [2.05, 4.69) is 34.6 Å². The summed E-state index contributed by atoms with van der Waals surface area (Å²) in [5.74, 6) is 0.914. The summed E-state index contributed by atoms with van der Waals surface area (Å²) in [7, 11) is 0. The van der Waals surface area contributed by atoms with Gasteiger partial charge in [0.05, 0.1) is 31.0 Å². The second-order valence-corrected chi connectivity index (χ2v) is 19.4. The highest BCUT2D eigenvalue weighted by atomic mass is 16.7. The van der Waals surface area contributed by atoms with Crippen LogP contribution in [0.15, 0.2) is 0 Å². The van der Waals surface area contributed by atoms with Gasteiger partial charge in [0, 0.05) is 24.8 Å². The number of carbonyl (C=O) groups is 2. The Morgan fingerprint density at radius 2 is 1.76 bits per heavy atom. The number of carbonyl (C=O) groups excluding carboxylic acids is 1. The van der Waals surface area contributed by atoms with Gasteiger partial charge in [-0.05, 0) is 118 Å². The number of carboxylic acid groups (broad SMARTS) is 1. The smallest absolute Gasteiger partial charge is 0.323 e. The van der Waals surface area contributed by atoms with Crippen LogP contribution in [0.3, 0.4) is 0 Å². The molecule has 0 aromatic carbocycles.